The van der Waals surface area contributed by atoms with Gasteiger partial charge < -0.3 is 4.90 Å². The van der Waals surface area contributed by atoms with Crippen molar-refractivity contribution in [3.63, 3.8) is 0 Å². The Morgan fingerprint density at radius 2 is 2.04 bits per heavy atom. The molecule has 2 aromatic heterocycles. The number of carbonyl (C=O) groups excluding carboxylic acids is 1. The molecule has 1 aliphatic heterocycles. The minimum Gasteiger partial charge on any atom is -0.331 e. The predicted molar refractivity (Wildman–Crippen MR) is 90.1 cm³/mol. The van der Waals surface area contributed by atoms with Gasteiger partial charge in [0, 0.05) is 18.9 Å². The normalized spacial score (nSPS) is 17.6. The molecule has 24 heavy (non-hydrogen) atoms. The number of likely N-dealkylation sites (tertiary alicyclic amines) is 1. The Kier molecular flexibility index (Phi) is 3.80. The summed E-state index contributed by atoms with van der Waals surface area (Å²) in [6.45, 7) is 0.675. The SMILES string of the molecule is O=C(c1cnn2cc(Br)cnc12)N1CCCC1c1ccc(F)cc1. The maximum absolute atomic E-state index is 13.2. The maximum Gasteiger partial charge on any atom is 0.259 e. The highest BCUT2D eigenvalue weighted by Crippen LogP contribution is 2.33. The fraction of sp³-hybridized carbons (Fsp3) is 0.235. The number of amides is 1. The second-order valence-electron chi connectivity index (χ2n) is 5.81. The number of hydrogen-bond acceptors (Lipinski definition) is 3. The van der Waals surface area contributed by atoms with Crippen LogP contribution in [0.2, 0.25) is 0 Å². The Hall–Kier alpha value is -2.28. The van der Waals surface area contributed by atoms with Crippen molar-refractivity contribution in [2.24, 2.45) is 0 Å². The number of hydrogen-bond donors (Lipinski definition) is 0. The largest absolute Gasteiger partial charge is 0.331 e. The molecule has 1 aliphatic rings. The summed E-state index contributed by atoms with van der Waals surface area (Å²) < 4.78 is 15.5. The first kappa shape index (κ1) is 15.3. The summed E-state index contributed by atoms with van der Waals surface area (Å²) in [6, 6.07) is 6.33. The number of benzene rings is 1. The smallest absolute Gasteiger partial charge is 0.259 e. The van der Waals surface area contributed by atoms with Crippen LogP contribution < -0.4 is 0 Å². The van der Waals surface area contributed by atoms with Crippen LogP contribution in [-0.4, -0.2) is 31.9 Å². The summed E-state index contributed by atoms with van der Waals surface area (Å²) >= 11 is 3.34. The van der Waals surface area contributed by atoms with Gasteiger partial charge in [-0.1, -0.05) is 12.1 Å². The zero-order valence-electron chi connectivity index (χ0n) is 12.7. The van der Waals surface area contributed by atoms with Crippen LogP contribution in [0.25, 0.3) is 5.65 Å². The zero-order valence-corrected chi connectivity index (χ0v) is 14.3. The zero-order chi connectivity index (χ0) is 16.7. The molecule has 3 aromatic rings. The van der Waals surface area contributed by atoms with Crippen LogP contribution in [0.15, 0.2) is 47.3 Å². The summed E-state index contributed by atoms with van der Waals surface area (Å²) in [4.78, 5) is 19.1. The van der Waals surface area contributed by atoms with Gasteiger partial charge in [-0.3, -0.25) is 4.79 Å². The number of rotatable bonds is 2. The van der Waals surface area contributed by atoms with Gasteiger partial charge in [0.05, 0.1) is 16.7 Å². The van der Waals surface area contributed by atoms with E-state index < -0.39 is 0 Å². The number of aromatic nitrogens is 3. The van der Waals surface area contributed by atoms with Gasteiger partial charge in [0.25, 0.3) is 5.91 Å². The summed E-state index contributed by atoms with van der Waals surface area (Å²) in [6.07, 6.45) is 6.76. The third kappa shape index (κ3) is 2.58. The Balaban J connectivity index is 1.68. The number of halogens is 2. The molecule has 0 bridgehead atoms. The van der Waals surface area contributed by atoms with Crippen molar-refractivity contribution in [1.82, 2.24) is 19.5 Å². The summed E-state index contributed by atoms with van der Waals surface area (Å²) in [5, 5.41) is 4.21. The monoisotopic (exact) mass is 388 g/mol. The third-order valence-corrected chi connectivity index (χ3v) is 4.73. The molecule has 1 unspecified atom stereocenters. The Labute approximate surface area is 146 Å². The Morgan fingerprint density at radius 3 is 2.83 bits per heavy atom. The van der Waals surface area contributed by atoms with Gasteiger partial charge >= 0.3 is 0 Å². The van der Waals surface area contributed by atoms with Crippen molar-refractivity contribution < 1.29 is 9.18 Å². The highest BCUT2D eigenvalue weighted by Gasteiger charge is 2.32. The molecule has 1 atom stereocenters. The number of nitrogens with zero attached hydrogens (tertiary/aromatic N) is 4. The minimum atomic E-state index is -0.271. The van der Waals surface area contributed by atoms with E-state index in [1.54, 1.807) is 35.2 Å². The average molecular weight is 389 g/mol. The van der Waals surface area contributed by atoms with E-state index in [1.165, 1.54) is 12.1 Å². The highest BCUT2D eigenvalue weighted by molar-refractivity contribution is 9.10. The molecular weight excluding hydrogens is 375 g/mol. The molecular formula is C17H14BrFN4O. The topological polar surface area (TPSA) is 50.5 Å². The first-order chi connectivity index (χ1) is 11.6. The molecule has 0 N–H and O–H groups in total. The van der Waals surface area contributed by atoms with E-state index in [-0.39, 0.29) is 17.8 Å². The highest BCUT2D eigenvalue weighted by atomic mass is 79.9. The van der Waals surface area contributed by atoms with Crippen LogP contribution in [0.3, 0.4) is 0 Å². The quantitative estimate of drug-likeness (QED) is 0.673. The molecule has 1 aromatic carbocycles. The van der Waals surface area contributed by atoms with Crippen LogP contribution >= 0.6 is 15.9 Å². The maximum atomic E-state index is 13.2. The lowest BCUT2D eigenvalue weighted by Gasteiger charge is -2.24. The van der Waals surface area contributed by atoms with Crippen LogP contribution in [0.4, 0.5) is 4.39 Å². The van der Waals surface area contributed by atoms with Gasteiger partial charge in [-0.2, -0.15) is 5.10 Å². The predicted octanol–water partition coefficient (Wildman–Crippen LogP) is 3.61. The van der Waals surface area contributed by atoms with E-state index >= 15 is 0 Å². The van der Waals surface area contributed by atoms with Crippen LogP contribution in [0.1, 0.15) is 34.8 Å². The van der Waals surface area contributed by atoms with Crippen molar-refractivity contribution in [3.8, 4) is 0 Å². The molecule has 0 spiro atoms. The standard InChI is InChI=1S/C17H14BrFN4O/c18-12-8-20-16-14(9-21-23(16)10-12)17(24)22-7-1-2-15(22)11-3-5-13(19)6-4-11/h3-6,8-10,15H,1-2,7H2. The van der Waals surface area contributed by atoms with Gasteiger partial charge in [-0.05, 0) is 46.5 Å². The average Bonchev–Trinajstić information content (AvgIpc) is 3.21. The third-order valence-electron chi connectivity index (χ3n) is 4.32. The fourth-order valence-corrected chi connectivity index (χ4v) is 3.50. The molecule has 0 radical (unpaired) electrons. The Bertz CT molecular complexity index is 909. The van der Waals surface area contributed by atoms with Crippen LogP contribution in [-0.2, 0) is 0 Å². The van der Waals surface area contributed by atoms with Crippen LogP contribution in [0, 0.1) is 5.82 Å². The molecule has 5 nitrogen and oxygen atoms in total. The van der Waals surface area contributed by atoms with Crippen molar-refractivity contribution in [3.05, 3.63) is 64.3 Å². The van der Waals surface area contributed by atoms with E-state index in [9.17, 15) is 9.18 Å². The molecule has 0 saturated carbocycles. The van der Waals surface area contributed by atoms with E-state index in [2.05, 4.69) is 26.0 Å². The molecule has 1 fully saturated rings. The first-order valence-electron chi connectivity index (χ1n) is 7.69. The molecule has 1 saturated heterocycles. The summed E-state index contributed by atoms with van der Waals surface area (Å²) in [5.74, 6) is -0.362. The van der Waals surface area contributed by atoms with Crippen molar-refractivity contribution in [2.75, 3.05) is 6.54 Å². The van der Waals surface area contributed by atoms with E-state index in [1.807, 2.05) is 4.90 Å². The van der Waals surface area contributed by atoms with Gasteiger partial charge in [-0.25, -0.2) is 13.9 Å². The van der Waals surface area contributed by atoms with Crippen molar-refractivity contribution >= 4 is 27.5 Å². The lowest BCUT2D eigenvalue weighted by molar-refractivity contribution is 0.0737. The molecule has 1 amide bonds. The van der Waals surface area contributed by atoms with Gasteiger partial charge in [0.1, 0.15) is 11.4 Å². The lowest BCUT2D eigenvalue weighted by Crippen LogP contribution is -2.30. The van der Waals surface area contributed by atoms with Crippen LogP contribution in [0.5, 0.6) is 0 Å². The van der Waals surface area contributed by atoms with Crippen molar-refractivity contribution in [1.29, 1.82) is 0 Å². The molecule has 0 aliphatic carbocycles. The lowest BCUT2D eigenvalue weighted by atomic mass is 10.0. The van der Waals surface area contributed by atoms with E-state index in [0.29, 0.717) is 17.8 Å². The first-order valence-corrected chi connectivity index (χ1v) is 8.48. The second kappa shape index (κ2) is 5.98. The fourth-order valence-electron chi connectivity index (χ4n) is 3.20. The van der Waals surface area contributed by atoms with Gasteiger partial charge in [0.2, 0.25) is 0 Å². The second-order valence-corrected chi connectivity index (χ2v) is 6.72. The number of carbonyl (C=O) groups is 1. The molecule has 122 valence electrons. The van der Waals surface area contributed by atoms with Crippen molar-refractivity contribution in [2.45, 2.75) is 18.9 Å². The molecule has 7 heteroatoms. The minimum absolute atomic E-state index is 0.0384. The summed E-state index contributed by atoms with van der Waals surface area (Å²) in [5.41, 5.74) is 1.97. The van der Waals surface area contributed by atoms with E-state index in [4.69, 9.17) is 0 Å². The van der Waals surface area contributed by atoms with Gasteiger partial charge in [-0.15, -0.1) is 0 Å². The summed E-state index contributed by atoms with van der Waals surface area (Å²) in [7, 11) is 0. The molecule has 4 rings (SSSR count). The molecule has 3 heterocycles. The Morgan fingerprint density at radius 1 is 1.25 bits per heavy atom. The van der Waals surface area contributed by atoms with Gasteiger partial charge in [0.15, 0.2) is 5.65 Å². The number of fused-ring (bicyclic) bond motifs is 1. The van der Waals surface area contributed by atoms with E-state index in [0.717, 1.165) is 22.9 Å².